The van der Waals surface area contributed by atoms with Crippen LogP contribution in [0.2, 0.25) is 0 Å². The third-order valence-electron chi connectivity index (χ3n) is 3.30. The Morgan fingerprint density at radius 3 is 2.55 bits per heavy atom. The molecule has 0 aliphatic heterocycles. The molecule has 1 aromatic carbocycles. The van der Waals surface area contributed by atoms with Crippen molar-refractivity contribution < 1.29 is 14.9 Å². The molecule has 1 rings (SSSR count). The standard InChI is InChI=1S/C16H27NO3/c1-13(7-6-10-18)17-11-16(19)12-20-14(2)15-8-4-3-5-9-15/h3-5,8-9,13-14,16-19H,6-7,10-12H2,1-2H3. The van der Waals surface area contributed by atoms with E-state index in [0.717, 1.165) is 18.4 Å². The van der Waals surface area contributed by atoms with Crippen molar-refractivity contribution in [2.24, 2.45) is 0 Å². The van der Waals surface area contributed by atoms with Gasteiger partial charge >= 0.3 is 0 Å². The van der Waals surface area contributed by atoms with Crippen LogP contribution in [-0.4, -0.2) is 42.1 Å². The van der Waals surface area contributed by atoms with E-state index in [2.05, 4.69) is 12.2 Å². The average molecular weight is 281 g/mol. The molecule has 1 aromatic rings. The maximum Gasteiger partial charge on any atom is 0.0898 e. The van der Waals surface area contributed by atoms with Crippen LogP contribution in [0.15, 0.2) is 30.3 Å². The lowest BCUT2D eigenvalue weighted by Crippen LogP contribution is -2.36. The fourth-order valence-electron chi connectivity index (χ4n) is 1.97. The predicted octanol–water partition coefficient (Wildman–Crippen LogP) is 1.88. The molecule has 114 valence electrons. The van der Waals surface area contributed by atoms with E-state index in [0.29, 0.717) is 19.2 Å². The molecule has 0 radical (unpaired) electrons. The summed E-state index contributed by atoms with van der Waals surface area (Å²) in [6.45, 7) is 5.07. The number of aliphatic hydroxyl groups is 2. The summed E-state index contributed by atoms with van der Waals surface area (Å²) in [5.41, 5.74) is 1.11. The molecule has 0 aromatic heterocycles. The largest absolute Gasteiger partial charge is 0.396 e. The summed E-state index contributed by atoms with van der Waals surface area (Å²) < 4.78 is 5.67. The SMILES string of the molecule is CC(CCCO)NCC(O)COC(C)c1ccccc1. The van der Waals surface area contributed by atoms with Crippen molar-refractivity contribution in [1.29, 1.82) is 0 Å². The van der Waals surface area contributed by atoms with Crippen LogP contribution in [0.3, 0.4) is 0 Å². The Balaban J connectivity index is 2.18. The first kappa shape index (κ1) is 17.1. The van der Waals surface area contributed by atoms with E-state index in [1.807, 2.05) is 37.3 Å². The van der Waals surface area contributed by atoms with E-state index in [-0.39, 0.29) is 12.7 Å². The molecular weight excluding hydrogens is 254 g/mol. The molecule has 0 saturated heterocycles. The third-order valence-corrected chi connectivity index (χ3v) is 3.30. The minimum atomic E-state index is -0.516. The van der Waals surface area contributed by atoms with Gasteiger partial charge in [0.05, 0.1) is 18.8 Å². The summed E-state index contributed by atoms with van der Waals surface area (Å²) >= 11 is 0. The first-order valence-electron chi connectivity index (χ1n) is 7.32. The topological polar surface area (TPSA) is 61.7 Å². The van der Waals surface area contributed by atoms with E-state index in [1.165, 1.54) is 0 Å². The first-order valence-corrected chi connectivity index (χ1v) is 7.32. The van der Waals surface area contributed by atoms with Crippen molar-refractivity contribution in [3.05, 3.63) is 35.9 Å². The Bertz CT molecular complexity index is 345. The molecular formula is C16H27NO3. The van der Waals surface area contributed by atoms with Crippen molar-refractivity contribution in [3.8, 4) is 0 Å². The zero-order valence-corrected chi connectivity index (χ0v) is 12.5. The number of rotatable bonds is 10. The highest BCUT2D eigenvalue weighted by atomic mass is 16.5. The van der Waals surface area contributed by atoms with Gasteiger partial charge in [0.1, 0.15) is 0 Å². The molecule has 3 unspecified atom stereocenters. The third kappa shape index (κ3) is 7.01. The summed E-state index contributed by atoms with van der Waals surface area (Å²) in [6.07, 6.45) is 1.16. The van der Waals surface area contributed by atoms with Gasteiger partial charge in [0, 0.05) is 19.2 Å². The highest BCUT2D eigenvalue weighted by molar-refractivity contribution is 5.16. The highest BCUT2D eigenvalue weighted by Gasteiger charge is 2.10. The summed E-state index contributed by atoms with van der Waals surface area (Å²) in [5.74, 6) is 0. The van der Waals surface area contributed by atoms with Crippen LogP contribution in [0.1, 0.15) is 38.4 Å². The molecule has 20 heavy (non-hydrogen) atoms. The zero-order valence-electron chi connectivity index (χ0n) is 12.5. The Kier molecular flexibility index (Phi) is 8.46. The van der Waals surface area contributed by atoms with Crippen LogP contribution in [0.5, 0.6) is 0 Å². The van der Waals surface area contributed by atoms with Gasteiger partial charge in [-0.15, -0.1) is 0 Å². The molecule has 4 heteroatoms. The predicted molar refractivity (Wildman–Crippen MR) is 80.6 cm³/mol. The van der Waals surface area contributed by atoms with Gasteiger partial charge < -0.3 is 20.3 Å². The normalized spacial score (nSPS) is 15.8. The van der Waals surface area contributed by atoms with E-state index in [9.17, 15) is 5.11 Å². The van der Waals surface area contributed by atoms with Crippen LogP contribution >= 0.6 is 0 Å². The second-order valence-electron chi connectivity index (χ2n) is 5.22. The quantitative estimate of drug-likeness (QED) is 0.613. The Morgan fingerprint density at radius 1 is 1.20 bits per heavy atom. The second kappa shape index (κ2) is 9.88. The van der Waals surface area contributed by atoms with Crippen LogP contribution < -0.4 is 5.32 Å². The Labute approximate surface area is 121 Å². The zero-order chi connectivity index (χ0) is 14.8. The smallest absolute Gasteiger partial charge is 0.0898 e. The molecule has 0 amide bonds. The maximum absolute atomic E-state index is 9.88. The number of ether oxygens (including phenoxy) is 1. The lowest BCUT2D eigenvalue weighted by atomic mass is 10.1. The number of nitrogens with one attached hydrogen (secondary N) is 1. The average Bonchev–Trinajstić information content (AvgIpc) is 2.49. The van der Waals surface area contributed by atoms with Crippen LogP contribution in [-0.2, 0) is 4.74 Å². The Morgan fingerprint density at radius 2 is 1.90 bits per heavy atom. The molecule has 4 nitrogen and oxygen atoms in total. The lowest BCUT2D eigenvalue weighted by Gasteiger charge is -2.19. The molecule has 0 bridgehead atoms. The number of aliphatic hydroxyl groups excluding tert-OH is 2. The van der Waals surface area contributed by atoms with Crippen molar-refractivity contribution in [2.75, 3.05) is 19.8 Å². The van der Waals surface area contributed by atoms with Crippen LogP contribution in [0.25, 0.3) is 0 Å². The van der Waals surface area contributed by atoms with Crippen LogP contribution in [0.4, 0.5) is 0 Å². The van der Waals surface area contributed by atoms with Gasteiger partial charge in [-0.25, -0.2) is 0 Å². The van der Waals surface area contributed by atoms with Crippen LogP contribution in [0, 0.1) is 0 Å². The van der Waals surface area contributed by atoms with Gasteiger partial charge in [0.25, 0.3) is 0 Å². The monoisotopic (exact) mass is 281 g/mol. The molecule has 3 atom stereocenters. The van der Waals surface area contributed by atoms with Gasteiger partial charge in [-0.05, 0) is 32.3 Å². The van der Waals surface area contributed by atoms with E-state index in [1.54, 1.807) is 0 Å². The number of hydrogen-bond donors (Lipinski definition) is 3. The van der Waals surface area contributed by atoms with Crippen molar-refractivity contribution in [1.82, 2.24) is 5.32 Å². The summed E-state index contributed by atoms with van der Waals surface area (Å²) in [6, 6.07) is 10.3. The number of benzene rings is 1. The molecule has 3 N–H and O–H groups in total. The van der Waals surface area contributed by atoms with Gasteiger partial charge in [0.15, 0.2) is 0 Å². The second-order valence-corrected chi connectivity index (χ2v) is 5.22. The number of hydrogen-bond acceptors (Lipinski definition) is 4. The molecule has 0 aliphatic rings. The van der Waals surface area contributed by atoms with E-state index in [4.69, 9.17) is 9.84 Å². The lowest BCUT2D eigenvalue weighted by molar-refractivity contribution is -0.00285. The highest BCUT2D eigenvalue weighted by Crippen LogP contribution is 2.15. The fraction of sp³-hybridized carbons (Fsp3) is 0.625. The minimum Gasteiger partial charge on any atom is -0.396 e. The first-order chi connectivity index (χ1) is 9.63. The van der Waals surface area contributed by atoms with Crippen molar-refractivity contribution >= 4 is 0 Å². The van der Waals surface area contributed by atoms with Crippen molar-refractivity contribution in [2.45, 2.75) is 44.9 Å². The minimum absolute atomic E-state index is 0.0161. The van der Waals surface area contributed by atoms with Gasteiger partial charge in [-0.1, -0.05) is 30.3 Å². The summed E-state index contributed by atoms with van der Waals surface area (Å²) in [5, 5.41) is 21.9. The van der Waals surface area contributed by atoms with E-state index >= 15 is 0 Å². The molecule has 0 saturated carbocycles. The summed E-state index contributed by atoms with van der Waals surface area (Å²) in [7, 11) is 0. The van der Waals surface area contributed by atoms with Crippen molar-refractivity contribution in [3.63, 3.8) is 0 Å². The molecule has 0 spiro atoms. The molecule has 0 fully saturated rings. The maximum atomic E-state index is 9.88. The molecule has 0 aliphatic carbocycles. The van der Waals surface area contributed by atoms with Gasteiger partial charge in [-0.2, -0.15) is 0 Å². The van der Waals surface area contributed by atoms with Gasteiger partial charge in [0.2, 0.25) is 0 Å². The van der Waals surface area contributed by atoms with E-state index < -0.39 is 6.10 Å². The fourth-order valence-corrected chi connectivity index (χ4v) is 1.97. The molecule has 0 heterocycles. The summed E-state index contributed by atoms with van der Waals surface area (Å²) in [4.78, 5) is 0. The Hall–Kier alpha value is -0.940. The van der Waals surface area contributed by atoms with Gasteiger partial charge in [-0.3, -0.25) is 0 Å².